The van der Waals surface area contributed by atoms with E-state index in [0.717, 1.165) is 24.2 Å². The average Bonchev–Trinajstić information content (AvgIpc) is 2.92. The minimum absolute atomic E-state index is 0.260. The van der Waals surface area contributed by atoms with Crippen LogP contribution in [0.2, 0.25) is 0 Å². The number of benzene rings is 1. The standard InChI is InChI=1S/C16H22O4/c1-11(16(17)18)9-12-7-8-14(19-2)15(10-12)20-13-5-3-4-6-13/h7-8,10-11,13H,3-6,9H2,1-2H3,(H,17,18). The van der Waals surface area contributed by atoms with Gasteiger partial charge in [-0.15, -0.1) is 0 Å². The van der Waals surface area contributed by atoms with Crippen molar-refractivity contribution in [3.8, 4) is 11.5 Å². The first-order valence-electron chi connectivity index (χ1n) is 7.16. The third-order valence-electron chi connectivity index (χ3n) is 3.79. The maximum Gasteiger partial charge on any atom is 0.306 e. The minimum atomic E-state index is -0.779. The zero-order valence-electron chi connectivity index (χ0n) is 12.1. The molecule has 0 heterocycles. The second kappa shape index (κ2) is 6.64. The van der Waals surface area contributed by atoms with E-state index in [1.54, 1.807) is 14.0 Å². The average molecular weight is 278 g/mol. The SMILES string of the molecule is COc1ccc(CC(C)C(=O)O)cc1OC1CCCC1. The second-order valence-electron chi connectivity index (χ2n) is 5.45. The van der Waals surface area contributed by atoms with Crippen molar-refractivity contribution in [1.29, 1.82) is 0 Å². The van der Waals surface area contributed by atoms with Crippen molar-refractivity contribution in [2.45, 2.75) is 45.1 Å². The number of rotatable bonds is 6. The zero-order valence-corrected chi connectivity index (χ0v) is 12.1. The van der Waals surface area contributed by atoms with Crippen LogP contribution in [0.3, 0.4) is 0 Å². The summed E-state index contributed by atoms with van der Waals surface area (Å²) in [7, 11) is 1.62. The van der Waals surface area contributed by atoms with Crippen molar-refractivity contribution >= 4 is 5.97 Å². The van der Waals surface area contributed by atoms with Crippen LogP contribution in [-0.4, -0.2) is 24.3 Å². The molecule has 1 atom stereocenters. The summed E-state index contributed by atoms with van der Waals surface area (Å²) in [5.41, 5.74) is 0.966. The Kier molecular flexibility index (Phi) is 4.88. The molecule has 0 saturated heterocycles. The summed E-state index contributed by atoms with van der Waals surface area (Å²) >= 11 is 0. The minimum Gasteiger partial charge on any atom is -0.493 e. The van der Waals surface area contributed by atoms with Gasteiger partial charge < -0.3 is 14.6 Å². The van der Waals surface area contributed by atoms with Gasteiger partial charge in [0.2, 0.25) is 0 Å². The number of carboxylic acids is 1. The number of methoxy groups -OCH3 is 1. The van der Waals surface area contributed by atoms with Gasteiger partial charge in [-0.3, -0.25) is 4.79 Å². The fourth-order valence-corrected chi connectivity index (χ4v) is 2.57. The molecule has 1 aromatic carbocycles. The highest BCUT2D eigenvalue weighted by Gasteiger charge is 2.19. The topological polar surface area (TPSA) is 55.8 Å². The summed E-state index contributed by atoms with van der Waals surface area (Å²) in [5.74, 6) is 0.264. The van der Waals surface area contributed by atoms with E-state index in [2.05, 4.69) is 0 Å². The molecule has 0 aromatic heterocycles. The Morgan fingerprint density at radius 3 is 2.65 bits per heavy atom. The van der Waals surface area contributed by atoms with Crippen molar-refractivity contribution in [3.63, 3.8) is 0 Å². The number of hydrogen-bond acceptors (Lipinski definition) is 3. The van der Waals surface area contributed by atoms with Crippen LogP contribution in [0.5, 0.6) is 11.5 Å². The third kappa shape index (κ3) is 3.65. The van der Waals surface area contributed by atoms with Gasteiger partial charge in [0, 0.05) is 0 Å². The van der Waals surface area contributed by atoms with Gasteiger partial charge in [0.15, 0.2) is 11.5 Å². The lowest BCUT2D eigenvalue weighted by molar-refractivity contribution is -0.141. The highest BCUT2D eigenvalue weighted by molar-refractivity contribution is 5.70. The number of ether oxygens (including phenoxy) is 2. The molecule has 0 bridgehead atoms. The molecule has 1 N–H and O–H groups in total. The molecule has 1 aliphatic rings. The molecule has 1 unspecified atom stereocenters. The molecule has 1 saturated carbocycles. The van der Waals surface area contributed by atoms with E-state index < -0.39 is 11.9 Å². The Bertz CT molecular complexity index is 464. The molecular formula is C16H22O4. The summed E-state index contributed by atoms with van der Waals surface area (Å²) in [6.45, 7) is 1.71. The number of aliphatic carboxylic acids is 1. The van der Waals surface area contributed by atoms with Crippen molar-refractivity contribution in [2.75, 3.05) is 7.11 Å². The Balaban J connectivity index is 2.12. The zero-order chi connectivity index (χ0) is 14.5. The van der Waals surface area contributed by atoms with Crippen molar-refractivity contribution < 1.29 is 19.4 Å². The van der Waals surface area contributed by atoms with Crippen LogP contribution in [0.4, 0.5) is 0 Å². The Morgan fingerprint density at radius 1 is 1.35 bits per heavy atom. The van der Waals surface area contributed by atoms with E-state index in [1.165, 1.54) is 12.8 Å². The molecule has 1 fully saturated rings. The number of carbonyl (C=O) groups is 1. The fourth-order valence-electron chi connectivity index (χ4n) is 2.57. The van der Waals surface area contributed by atoms with Gasteiger partial charge in [-0.05, 0) is 49.8 Å². The van der Waals surface area contributed by atoms with Crippen LogP contribution in [0.1, 0.15) is 38.2 Å². The molecule has 0 spiro atoms. The Hall–Kier alpha value is -1.71. The summed E-state index contributed by atoms with van der Waals surface area (Å²) in [6.07, 6.45) is 5.35. The number of carboxylic acid groups (broad SMARTS) is 1. The fraction of sp³-hybridized carbons (Fsp3) is 0.562. The first-order valence-corrected chi connectivity index (χ1v) is 7.16. The maximum absolute atomic E-state index is 10.9. The molecule has 110 valence electrons. The first-order chi connectivity index (χ1) is 9.60. The predicted octanol–water partition coefficient (Wildman–Crippen LogP) is 3.28. The quantitative estimate of drug-likeness (QED) is 0.867. The molecular weight excluding hydrogens is 256 g/mol. The molecule has 0 aliphatic heterocycles. The van der Waals surface area contributed by atoms with Gasteiger partial charge in [-0.25, -0.2) is 0 Å². The van der Waals surface area contributed by atoms with Crippen LogP contribution >= 0.6 is 0 Å². The van der Waals surface area contributed by atoms with E-state index in [-0.39, 0.29) is 6.10 Å². The second-order valence-corrected chi connectivity index (χ2v) is 5.45. The normalized spacial score (nSPS) is 16.9. The van der Waals surface area contributed by atoms with Gasteiger partial charge in [-0.1, -0.05) is 13.0 Å². The molecule has 0 amide bonds. The van der Waals surface area contributed by atoms with E-state index in [4.69, 9.17) is 14.6 Å². The monoisotopic (exact) mass is 278 g/mol. The summed E-state index contributed by atoms with van der Waals surface area (Å²) in [5, 5.41) is 8.99. The van der Waals surface area contributed by atoms with Crippen molar-refractivity contribution in [2.24, 2.45) is 5.92 Å². The summed E-state index contributed by atoms with van der Waals surface area (Å²) < 4.78 is 11.3. The Morgan fingerprint density at radius 2 is 2.05 bits per heavy atom. The van der Waals surface area contributed by atoms with Crippen LogP contribution < -0.4 is 9.47 Å². The first kappa shape index (κ1) is 14.7. The van der Waals surface area contributed by atoms with Gasteiger partial charge in [0.05, 0.1) is 19.1 Å². The molecule has 20 heavy (non-hydrogen) atoms. The van der Waals surface area contributed by atoms with Gasteiger partial charge in [-0.2, -0.15) is 0 Å². The molecule has 0 radical (unpaired) electrons. The van der Waals surface area contributed by atoms with E-state index in [1.807, 2.05) is 18.2 Å². The maximum atomic E-state index is 10.9. The molecule has 1 aliphatic carbocycles. The van der Waals surface area contributed by atoms with Crippen molar-refractivity contribution in [1.82, 2.24) is 0 Å². The molecule has 4 nitrogen and oxygen atoms in total. The highest BCUT2D eigenvalue weighted by Crippen LogP contribution is 2.33. The van der Waals surface area contributed by atoms with Crippen LogP contribution in [0.25, 0.3) is 0 Å². The van der Waals surface area contributed by atoms with E-state index in [0.29, 0.717) is 12.2 Å². The predicted molar refractivity (Wildman–Crippen MR) is 76.4 cm³/mol. The van der Waals surface area contributed by atoms with Crippen molar-refractivity contribution in [3.05, 3.63) is 23.8 Å². The molecule has 2 rings (SSSR count). The Labute approximate surface area is 119 Å². The van der Waals surface area contributed by atoms with Crippen LogP contribution in [-0.2, 0) is 11.2 Å². The van der Waals surface area contributed by atoms with E-state index >= 15 is 0 Å². The van der Waals surface area contributed by atoms with Gasteiger partial charge in [0.25, 0.3) is 0 Å². The third-order valence-corrected chi connectivity index (χ3v) is 3.79. The number of hydrogen-bond donors (Lipinski definition) is 1. The lowest BCUT2D eigenvalue weighted by Crippen LogP contribution is -2.14. The lowest BCUT2D eigenvalue weighted by atomic mass is 10.0. The summed E-state index contributed by atoms with van der Waals surface area (Å²) in [4.78, 5) is 10.9. The smallest absolute Gasteiger partial charge is 0.306 e. The summed E-state index contributed by atoms with van der Waals surface area (Å²) in [6, 6.07) is 5.67. The lowest BCUT2D eigenvalue weighted by Gasteiger charge is -2.17. The highest BCUT2D eigenvalue weighted by atomic mass is 16.5. The van der Waals surface area contributed by atoms with Gasteiger partial charge in [0.1, 0.15) is 0 Å². The molecule has 4 heteroatoms. The molecule has 1 aromatic rings. The van der Waals surface area contributed by atoms with Crippen LogP contribution in [0, 0.1) is 5.92 Å². The van der Waals surface area contributed by atoms with Gasteiger partial charge >= 0.3 is 5.97 Å². The van der Waals surface area contributed by atoms with Crippen LogP contribution in [0.15, 0.2) is 18.2 Å². The largest absolute Gasteiger partial charge is 0.493 e. The van der Waals surface area contributed by atoms with E-state index in [9.17, 15) is 4.79 Å².